The smallest absolute Gasteiger partial charge is 0.0274 e. The van der Waals surface area contributed by atoms with E-state index >= 15 is 0 Å². The predicted octanol–water partition coefficient (Wildman–Crippen LogP) is 3.29. The van der Waals surface area contributed by atoms with E-state index in [2.05, 4.69) is 43.6 Å². The van der Waals surface area contributed by atoms with Crippen LogP contribution in [0.4, 0.5) is 0 Å². The monoisotopic (exact) mass is 298 g/mol. The molecule has 3 heteroatoms. The van der Waals surface area contributed by atoms with Crippen molar-refractivity contribution in [1.82, 2.24) is 0 Å². The van der Waals surface area contributed by atoms with E-state index in [1.165, 1.54) is 24.3 Å². The lowest BCUT2D eigenvalue weighted by atomic mass is 9.82. The summed E-state index contributed by atoms with van der Waals surface area (Å²) >= 11 is 9.61. The number of rotatable bonds is 0. The number of thioether (sulfide) groups is 1. The standard InChI is InChI=1S/C8H12Br2S/c9-7-1-5-3-11-4-6(5)2-8(7)10/h5-8H,1-4H2/t5-,6+,7-,8-/m0/s1. The SMILES string of the molecule is Br[C@H]1C[C@H]2CSC[C@H]2C[C@@H]1Br. The van der Waals surface area contributed by atoms with Gasteiger partial charge in [0.1, 0.15) is 0 Å². The molecule has 1 saturated heterocycles. The molecule has 4 atom stereocenters. The summed E-state index contributed by atoms with van der Waals surface area (Å²) in [6, 6.07) is 0. The van der Waals surface area contributed by atoms with Crippen molar-refractivity contribution in [2.24, 2.45) is 11.8 Å². The minimum atomic E-state index is 0.724. The summed E-state index contributed by atoms with van der Waals surface area (Å²) < 4.78 is 0. The molecular weight excluding hydrogens is 288 g/mol. The van der Waals surface area contributed by atoms with Crippen LogP contribution in [0.25, 0.3) is 0 Å². The highest BCUT2D eigenvalue weighted by Crippen LogP contribution is 2.44. The highest BCUT2D eigenvalue weighted by atomic mass is 79.9. The number of fused-ring (bicyclic) bond motifs is 1. The van der Waals surface area contributed by atoms with Gasteiger partial charge in [0.05, 0.1) is 0 Å². The van der Waals surface area contributed by atoms with Gasteiger partial charge in [0, 0.05) is 9.65 Å². The minimum Gasteiger partial charge on any atom is -0.161 e. The van der Waals surface area contributed by atoms with Crippen molar-refractivity contribution in [2.75, 3.05) is 11.5 Å². The van der Waals surface area contributed by atoms with E-state index in [1.807, 2.05) is 0 Å². The number of alkyl halides is 2. The summed E-state index contributed by atoms with van der Waals surface area (Å²) in [5, 5.41) is 0. The maximum atomic E-state index is 3.73. The van der Waals surface area contributed by atoms with E-state index in [0.717, 1.165) is 21.5 Å². The van der Waals surface area contributed by atoms with E-state index in [1.54, 1.807) is 0 Å². The number of hydrogen-bond donors (Lipinski definition) is 0. The predicted molar refractivity (Wildman–Crippen MR) is 59.0 cm³/mol. The molecule has 1 heterocycles. The highest BCUT2D eigenvalue weighted by molar-refractivity contribution is 9.12. The Hall–Kier alpha value is 1.31. The zero-order valence-electron chi connectivity index (χ0n) is 6.30. The first-order valence-corrected chi connectivity index (χ1v) is 7.12. The molecule has 0 bridgehead atoms. The summed E-state index contributed by atoms with van der Waals surface area (Å²) in [5.41, 5.74) is 0. The summed E-state index contributed by atoms with van der Waals surface area (Å²) in [7, 11) is 0. The molecule has 2 rings (SSSR count). The van der Waals surface area contributed by atoms with Crippen LogP contribution in [-0.2, 0) is 0 Å². The van der Waals surface area contributed by atoms with E-state index in [9.17, 15) is 0 Å². The molecule has 0 aromatic rings. The highest BCUT2D eigenvalue weighted by Gasteiger charge is 2.37. The molecule has 2 fully saturated rings. The molecule has 0 aromatic heterocycles. The van der Waals surface area contributed by atoms with Gasteiger partial charge in [0.25, 0.3) is 0 Å². The normalized spacial score (nSPS) is 50.7. The molecule has 0 radical (unpaired) electrons. The van der Waals surface area contributed by atoms with Gasteiger partial charge in [-0.3, -0.25) is 0 Å². The molecule has 0 unspecified atom stereocenters. The molecule has 64 valence electrons. The average molecular weight is 300 g/mol. The second kappa shape index (κ2) is 3.59. The minimum absolute atomic E-state index is 0.724. The maximum Gasteiger partial charge on any atom is 0.0274 e. The van der Waals surface area contributed by atoms with Gasteiger partial charge < -0.3 is 0 Å². The van der Waals surface area contributed by atoms with Crippen LogP contribution >= 0.6 is 43.6 Å². The Labute approximate surface area is 89.1 Å². The zero-order chi connectivity index (χ0) is 7.84. The largest absolute Gasteiger partial charge is 0.161 e. The molecule has 2 aliphatic rings. The molecule has 1 aliphatic carbocycles. The third-order valence-corrected chi connectivity index (χ3v) is 6.84. The van der Waals surface area contributed by atoms with Crippen LogP contribution in [0.2, 0.25) is 0 Å². The fourth-order valence-corrected chi connectivity index (χ4v) is 4.99. The molecule has 1 saturated carbocycles. The van der Waals surface area contributed by atoms with E-state index in [-0.39, 0.29) is 0 Å². The molecule has 0 N–H and O–H groups in total. The van der Waals surface area contributed by atoms with Crippen molar-refractivity contribution in [3.8, 4) is 0 Å². The Morgan fingerprint density at radius 3 is 1.82 bits per heavy atom. The van der Waals surface area contributed by atoms with Crippen LogP contribution in [0, 0.1) is 11.8 Å². The molecule has 0 spiro atoms. The Morgan fingerprint density at radius 2 is 1.36 bits per heavy atom. The Kier molecular flexibility index (Phi) is 2.90. The molecule has 0 amide bonds. The first-order chi connectivity index (χ1) is 5.27. The van der Waals surface area contributed by atoms with Crippen LogP contribution in [0.5, 0.6) is 0 Å². The van der Waals surface area contributed by atoms with Crippen molar-refractivity contribution in [3.63, 3.8) is 0 Å². The van der Waals surface area contributed by atoms with Crippen molar-refractivity contribution >= 4 is 43.6 Å². The molecular formula is C8H12Br2S. The average Bonchev–Trinajstić information content (AvgIpc) is 2.36. The van der Waals surface area contributed by atoms with Crippen molar-refractivity contribution in [3.05, 3.63) is 0 Å². The molecule has 11 heavy (non-hydrogen) atoms. The molecule has 0 aromatic carbocycles. The Morgan fingerprint density at radius 1 is 0.909 bits per heavy atom. The number of halogens is 2. The third kappa shape index (κ3) is 1.80. The summed E-state index contributed by atoms with van der Waals surface area (Å²) in [6.07, 6.45) is 2.77. The van der Waals surface area contributed by atoms with Crippen molar-refractivity contribution in [2.45, 2.75) is 22.5 Å². The van der Waals surface area contributed by atoms with Crippen molar-refractivity contribution in [1.29, 1.82) is 0 Å². The van der Waals surface area contributed by atoms with Gasteiger partial charge in [-0.15, -0.1) is 0 Å². The first-order valence-electron chi connectivity index (χ1n) is 4.13. The van der Waals surface area contributed by atoms with Gasteiger partial charge in [-0.1, -0.05) is 31.9 Å². The lowest BCUT2D eigenvalue weighted by molar-refractivity contribution is 0.318. The van der Waals surface area contributed by atoms with Crippen LogP contribution in [-0.4, -0.2) is 21.2 Å². The summed E-state index contributed by atoms with van der Waals surface area (Å²) in [6.45, 7) is 0. The lowest BCUT2D eigenvalue weighted by Gasteiger charge is -2.32. The zero-order valence-corrected chi connectivity index (χ0v) is 10.3. The fraction of sp³-hybridized carbons (Fsp3) is 1.00. The summed E-state index contributed by atoms with van der Waals surface area (Å²) in [5.74, 6) is 4.84. The van der Waals surface area contributed by atoms with Gasteiger partial charge in [-0.25, -0.2) is 0 Å². The Balaban J connectivity index is 2.00. The van der Waals surface area contributed by atoms with Crippen LogP contribution in [0.3, 0.4) is 0 Å². The molecule has 0 nitrogen and oxygen atoms in total. The lowest BCUT2D eigenvalue weighted by Crippen LogP contribution is -2.31. The second-order valence-electron chi connectivity index (χ2n) is 3.56. The third-order valence-electron chi connectivity index (χ3n) is 2.78. The van der Waals surface area contributed by atoms with E-state index in [4.69, 9.17) is 0 Å². The van der Waals surface area contributed by atoms with E-state index in [0.29, 0.717) is 0 Å². The van der Waals surface area contributed by atoms with Gasteiger partial charge in [0.15, 0.2) is 0 Å². The quantitative estimate of drug-likeness (QED) is 0.619. The molecule has 1 aliphatic heterocycles. The first kappa shape index (κ1) is 8.89. The topological polar surface area (TPSA) is 0 Å². The van der Waals surface area contributed by atoms with Crippen molar-refractivity contribution < 1.29 is 0 Å². The second-order valence-corrected chi connectivity index (χ2v) is 6.99. The Bertz CT molecular complexity index is 135. The van der Waals surface area contributed by atoms with E-state index < -0.39 is 0 Å². The van der Waals surface area contributed by atoms with Gasteiger partial charge >= 0.3 is 0 Å². The van der Waals surface area contributed by atoms with Gasteiger partial charge in [-0.2, -0.15) is 11.8 Å². The van der Waals surface area contributed by atoms with Gasteiger partial charge in [-0.05, 0) is 36.2 Å². The van der Waals surface area contributed by atoms with Gasteiger partial charge in [0.2, 0.25) is 0 Å². The number of hydrogen-bond acceptors (Lipinski definition) is 1. The fourth-order valence-electron chi connectivity index (χ4n) is 2.04. The van der Waals surface area contributed by atoms with Crippen LogP contribution < -0.4 is 0 Å². The van der Waals surface area contributed by atoms with Crippen LogP contribution in [0.1, 0.15) is 12.8 Å². The maximum absolute atomic E-state index is 3.73. The summed E-state index contributed by atoms with van der Waals surface area (Å²) in [4.78, 5) is 1.45. The van der Waals surface area contributed by atoms with Crippen LogP contribution in [0.15, 0.2) is 0 Å².